The summed E-state index contributed by atoms with van der Waals surface area (Å²) < 4.78 is 10.2. The van der Waals surface area contributed by atoms with Gasteiger partial charge in [-0.3, -0.25) is 4.79 Å². The second kappa shape index (κ2) is 12.5. The Morgan fingerprint density at radius 3 is 2.38 bits per heavy atom. The molecule has 9 heteroatoms. The van der Waals surface area contributed by atoms with Crippen molar-refractivity contribution in [2.45, 2.75) is 51.9 Å². The van der Waals surface area contributed by atoms with Gasteiger partial charge in [0, 0.05) is 39.1 Å². The van der Waals surface area contributed by atoms with Gasteiger partial charge in [0.1, 0.15) is 5.75 Å². The lowest BCUT2D eigenvalue weighted by Crippen LogP contribution is -2.47. The van der Waals surface area contributed by atoms with E-state index in [1.807, 2.05) is 34.1 Å². The topological polar surface area (TPSA) is 100 Å². The highest BCUT2D eigenvalue weighted by Gasteiger charge is 2.42. The zero-order chi connectivity index (χ0) is 24.4. The maximum Gasteiger partial charge on any atom is 0.321 e. The van der Waals surface area contributed by atoms with Gasteiger partial charge < -0.3 is 29.9 Å². The van der Waals surface area contributed by atoms with E-state index in [-0.39, 0.29) is 23.4 Å². The molecule has 0 aliphatic carbocycles. The van der Waals surface area contributed by atoms with Gasteiger partial charge in [0.15, 0.2) is 0 Å². The monoisotopic (exact) mass is 474 g/mol. The largest absolute Gasteiger partial charge is 0.495 e. The van der Waals surface area contributed by atoms with Gasteiger partial charge in [0.2, 0.25) is 0 Å². The minimum absolute atomic E-state index is 0.0152. The molecule has 0 saturated carbocycles. The summed E-state index contributed by atoms with van der Waals surface area (Å²) in [5.74, 6) is 0.484. The predicted octanol–water partition coefficient (Wildman–Crippen LogP) is 3.85. The molecule has 3 rings (SSSR count). The second-order valence-corrected chi connectivity index (χ2v) is 9.14. The number of amides is 4. The number of unbranched alkanes of at least 4 members (excludes halogenated alkanes) is 2. The van der Waals surface area contributed by atoms with Crippen molar-refractivity contribution >= 4 is 23.7 Å². The molecule has 0 unspecified atom stereocenters. The Kier molecular flexibility index (Phi) is 9.42. The van der Waals surface area contributed by atoms with Crippen LogP contribution in [0.4, 0.5) is 15.3 Å². The molecule has 2 heterocycles. The van der Waals surface area contributed by atoms with E-state index >= 15 is 0 Å². The molecule has 2 saturated heterocycles. The van der Waals surface area contributed by atoms with Crippen LogP contribution in [0.3, 0.4) is 0 Å². The van der Waals surface area contributed by atoms with Crippen LogP contribution in [0, 0.1) is 5.41 Å². The van der Waals surface area contributed by atoms with E-state index in [4.69, 9.17) is 9.47 Å². The lowest BCUT2D eigenvalue weighted by molar-refractivity contribution is -0.143. The third-order valence-corrected chi connectivity index (χ3v) is 6.82. The summed E-state index contributed by atoms with van der Waals surface area (Å²) in [6, 6.07) is 7.25. The fraction of sp³-hybridized carbons (Fsp3) is 0.640. The Bertz CT molecular complexity index is 838. The molecule has 34 heavy (non-hydrogen) atoms. The molecule has 1 aromatic carbocycles. The van der Waals surface area contributed by atoms with Crippen molar-refractivity contribution in [2.24, 2.45) is 5.41 Å². The highest BCUT2D eigenvalue weighted by atomic mass is 16.5. The van der Waals surface area contributed by atoms with Crippen molar-refractivity contribution in [1.29, 1.82) is 0 Å². The quantitative estimate of drug-likeness (QED) is 0.418. The molecule has 2 N–H and O–H groups in total. The number of nitrogens with zero attached hydrogens (tertiary/aromatic N) is 2. The summed E-state index contributed by atoms with van der Waals surface area (Å²) in [7, 11) is 1.59. The van der Waals surface area contributed by atoms with Crippen molar-refractivity contribution < 1.29 is 23.9 Å². The van der Waals surface area contributed by atoms with E-state index < -0.39 is 0 Å². The van der Waals surface area contributed by atoms with Gasteiger partial charge in [-0.05, 0) is 56.6 Å². The van der Waals surface area contributed by atoms with Crippen LogP contribution in [-0.2, 0) is 9.53 Å². The normalized spacial score (nSPS) is 16.9. The minimum Gasteiger partial charge on any atom is -0.495 e. The van der Waals surface area contributed by atoms with Gasteiger partial charge in [0.25, 0.3) is 0 Å². The fourth-order valence-corrected chi connectivity index (χ4v) is 4.75. The highest BCUT2D eigenvalue weighted by molar-refractivity contribution is 5.91. The molecule has 0 bridgehead atoms. The lowest BCUT2D eigenvalue weighted by Gasteiger charge is -2.39. The minimum atomic E-state index is -0.155. The molecule has 2 aliphatic rings. The number of methoxy groups -OCH3 is 1. The van der Waals surface area contributed by atoms with Gasteiger partial charge in [-0.2, -0.15) is 0 Å². The number of ether oxygens (including phenoxy) is 2. The standard InChI is InChI=1S/C25H38N4O5/c1-3-34-22(30)11-5-4-8-15-26-23(31)29-18-14-25(19-29)12-16-28(17-13-25)24(32)27-20-9-6-7-10-21(20)33-2/h6-7,9-10H,3-5,8,11-19H2,1-2H3,(H,26,31)(H,27,32). The number of urea groups is 2. The van der Waals surface area contributed by atoms with Gasteiger partial charge in [-0.15, -0.1) is 0 Å². The molecule has 1 spiro atoms. The number of hydrogen-bond donors (Lipinski definition) is 2. The molecule has 2 fully saturated rings. The van der Waals surface area contributed by atoms with Crippen LogP contribution in [0.2, 0.25) is 0 Å². The third kappa shape index (κ3) is 7.01. The van der Waals surface area contributed by atoms with Crippen molar-refractivity contribution in [3.63, 3.8) is 0 Å². The molecule has 1 aromatic rings. The van der Waals surface area contributed by atoms with E-state index in [1.54, 1.807) is 14.0 Å². The number of carbonyl (C=O) groups is 3. The third-order valence-electron chi connectivity index (χ3n) is 6.82. The van der Waals surface area contributed by atoms with Gasteiger partial charge in [-0.25, -0.2) is 9.59 Å². The molecular weight excluding hydrogens is 436 g/mol. The Hall–Kier alpha value is -2.97. The number of esters is 1. The number of anilines is 1. The summed E-state index contributed by atoms with van der Waals surface area (Å²) >= 11 is 0. The van der Waals surface area contributed by atoms with Gasteiger partial charge in [0.05, 0.1) is 19.4 Å². The van der Waals surface area contributed by atoms with Gasteiger partial charge >= 0.3 is 18.0 Å². The van der Waals surface area contributed by atoms with Crippen molar-refractivity contribution in [3.8, 4) is 5.75 Å². The summed E-state index contributed by atoms with van der Waals surface area (Å²) in [6.45, 7) is 5.68. The van der Waals surface area contributed by atoms with Crippen LogP contribution >= 0.6 is 0 Å². The van der Waals surface area contributed by atoms with E-state index in [1.165, 1.54) is 0 Å². The number of carbonyl (C=O) groups excluding carboxylic acids is 3. The first-order valence-electron chi connectivity index (χ1n) is 12.3. The predicted molar refractivity (Wildman–Crippen MR) is 130 cm³/mol. The van der Waals surface area contributed by atoms with Crippen molar-refractivity contribution in [3.05, 3.63) is 24.3 Å². The summed E-state index contributed by atoms with van der Waals surface area (Å²) in [6.07, 6.45) is 5.71. The van der Waals surface area contributed by atoms with E-state index in [2.05, 4.69) is 10.6 Å². The number of rotatable bonds is 9. The number of piperidine rings is 1. The first kappa shape index (κ1) is 25.6. The van der Waals surface area contributed by atoms with Crippen LogP contribution < -0.4 is 15.4 Å². The summed E-state index contributed by atoms with van der Waals surface area (Å²) in [5.41, 5.74) is 0.762. The molecule has 188 valence electrons. The van der Waals surface area contributed by atoms with Crippen LogP contribution in [-0.4, -0.2) is 74.3 Å². The highest BCUT2D eigenvalue weighted by Crippen LogP contribution is 2.40. The van der Waals surface area contributed by atoms with E-state index in [0.29, 0.717) is 44.1 Å². The zero-order valence-electron chi connectivity index (χ0n) is 20.4. The maximum atomic E-state index is 12.7. The average Bonchev–Trinajstić information content (AvgIpc) is 3.25. The zero-order valence-corrected chi connectivity index (χ0v) is 20.4. The Balaban J connectivity index is 1.35. The smallest absolute Gasteiger partial charge is 0.321 e. The number of likely N-dealkylation sites (tertiary alicyclic amines) is 2. The number of benzene rings is 1. The first-order chi connectivity index (χ1) is 16.5. The van der Waals surface area contributed by atoms with E-state index in [9.17, 15) is 14.4 Å². The van der Waals surface area contributed by atoms with Crippen LogP contribution in [0.25, 0.3) is 0 Å². The van der Waals surface area contributed by atoms with Crippen molar-refractivity contribution in [1.82, 2.24) is 15.1 Å². The molecular formula is C25H38N4O5. The Morgan fingerprint density at radius 2 is 1.68 bits per heavy atom. The lowest BCUT2D eigenvalue weighted by atomic mass is 9.78. The van der Waals surface area contributed by atoms with Crippen molar-refractivity contribution in [2.75, 3.05) is 51.8 Å². The molecule has 2 aliphatic heterocycles. The summed E-state index contributed by atoms with van der Waals surface area (Å²) in [5, 5.41) is 5.96. The number of hydrogen-bond acceptors (Lipinski definition) is 5. The Morgan fingerprint density at radius 1 is 0.971 bits per heavy atom. The maximum absolute atomic E-state index is 12.7. The van der Waals surface area contributed by atoms with Crippen LogP contribution in [0.5, 0.6) is 5.75 Å². The molecule has 0 atom stereocenters. The fourth-order valence-electron chi connectivity index (χ4n) is 4.75. The number of nitrogens with one attached hydrogen (secondary N) is 2. The van der Waals surface area contributed by atoms with Crippen LogP contribution in [0.15, 0.2) is 24.3 Å². The molecule has 0 radical (unpaired) electrons. The Labute approximate surface area is 202 Å². The van der Waals surface area contributed by atoms with Gasteiger partial charge in [-0.1, -0.05) is 18.6 Å². The first-order valence-corrected chi connectivity index (χ1v) is 12.3. The average molecular weight is 475 g/mol. The SMILES string of the molecule is CCOC(=O)CCCCCNC(=O)N1CCC2(CCN(C(=O)Nc3ccccc3OC)CC2)C1. The van der Waals surface area contributed by atoms with E-state index in [0.717, 1.165) is 51.6 Å². The molecule has 9 nitrogen and oxygen atoms in total. The summed E-state index contributed by atoms with van der Waals surface area (Å²) in [4.78, 5) is 40.4. The second-order valence-electron chi connectivity index (χ2n) is 9.14. The van der Waals surface area contributed by atoms with Crippen LogP contribution in [0.1, 0.15) is 51.9 Å². The molecule has 4 amide bonds. The molecule has 0 aromatic heterocycles. The number of para-hydroxylation sites is 2.